The summed E-state index contributed by atoms with van der Waals surface area (Å²) in [6.45, 7) is 2.13. The molecule has 0 saturated carbocycles. The number of thioether (sulfide) groups is 1. The van der Waals surface area contributed by atoms with Crippen LogP contribution in [0.1, 0.15) is 43.5 Å². The third-order valence-corrected chi connectivity index (χ3v) is 4.46. The monoisotopic (exact) mass is 267 g/mol. The molecule has 18 heavy (non-hydrogen) atoms. The molecule has 0 aliphatic heterocycles. The minimum atomic E-state index is 0.148. The van der Waals surface area contributed by atoms with Crippen molar-refractivity contribution in [2.75, 3.05) is 11.5 Å². The Balaban J connectivity index is 1.92. The molecule has 0 bridgehead atoms. The van der Waals surface area contributed by atoms with Gasteiger partial charge in [0.2, 0.25) is 5.91 Å². The lowest BCUT2D eigenvalue weighted by atomic mass is 9.93. The fraction of sp³-hybridized carbons (Fsp3) is 0.692. The number of hydrogen-bond acceptors (Lipinski definition) is 3. The first-order chi connectivity index (χ1) is 8.72. The Labute approximate surface area is 113 Å². The van der Waals surface area contributed by atoms with Crippen LogP contribution >= 0.6 is 11.8 Å². The summed E-state index contributed by atoms with van der Waals surface area (Å²) in [4.78, 5) is 11.8. The molecule has 0 radical (unpaired) electrons. The van der Waals surface area contributed by atoms with E-state index in [4.69, 9.17) is 0 Å². The number of fused-ring (bicyclic) bond motifs is 1. The number of carbonyl (C=O) groups is 1. The topological polar surface area (TPSA) is 46.9 Å². The molecule has 1 amide bonds. The average Bonchev–Trinajstić information content (AvgIpc) is 2.73. The summed E-state index contributed by atoms with van der Waals surface area (Å²) >= 11 is 1.70. The summed E-state index contributed by atoms with van der Waals surface area (Å²) in [7, 11) is 1.97. The molecule has 0 aromatic carbocycles. The Morgan fingerprint density at radius 1 is 1.67 bits per heavy atom. The lowest BCUT2D eigenvalue weighted by molar-refractivity contribution is -0.119. The van der Waals surface area contributed by atoms with Gasteiger partial charge in [-0.05, 0) is 31.4 Å². The lowest BCUT2D eigenvalue weighted by Crippen LogP contribution is -2.32. The first kappa shape index (κ1) is 13.5. The largest absolute Gasteiger partial charge is 0.348 e. The highest BCUT2D eigenvalue weighted by atomic mass is 32.2. The van der Waals surface area contributed by atoms with Gasteiger partial charge in [0.1, 0.15) is 0 Å². The van der Waals surface area contributed by atoms with Crippen molar-refractivity contribution < 1.29 is 4.79 Å². The van der Waals surface area contributed by atoms with Crippen LogP contribution in [0.3, 0.4) is 0 Å². The normalized spacial score (nSPS) is 18.4. The van der Waals surface area contributed by atoms with Gasteiger partial charge in [0.25, 0.3) is 0 Å². The Bertz CT molecular complexity index is 416. The van der Waals surface area contributed by atoms with Gasteiger partial charge in [-0.2, -0.15) is 16.9 Å². The van der Waals surface area contributed by atoms with Gasteiger partial charge in [-0.1, -0.05) is 6.92 Å². The second kappa shape index (κ2) is 6.27. The maximum Gasteiger partial charge on any atom is 0.230 e. The Morgan fingerprint density at radius 3 is 3.28 bits per heavy atom. The van der Waals surface area contributed by atoms with Crippen molar-refractivity contribution >= 4 is 17.7 Å². The molecule has 1 N–H and O–H groups in total. The highest BCUT2D eigenvalue weighted by molar-refractivity contribution is 7.99. The third-order valence-electron chi connectivity index (χ3n) is 3.29. The number of aromatic nitrogens is 2. The van der Waals surface area contributed by atoms with E-state index >= 15 is 0 Å². The number of rotatable bonds is 5. The molecule has 0 unspecified atom stereocenters. The summed E-state index contributed by atoms with van der Waals surface area (Å²) < 4.78 is 1.93. The Kier molecular flexibility index (Phi) is 4.69. The zero-order valence-corrected chi connectivity index (χ0v) is 11.9. The third kappa shape index (κ3) is 3.07. The minimum Gasteiger partial charge on any atom is -0.348 e. The molecule has 100 valence electrons. The first-order valence-corrected chi connectivity index (χ1v) is 7.75. The number of aryl methyl sites for hydroxylation is 1. The van der Waals surface area contributed by atoms with Gasteiger partial charge in [0.15, 0.2) is 0 Å². The number of hydrogen-bond donors (Lipinski definition) is 1. The van der Waals surface area contributed by atoms with Gasteiger partial charge in [0.05, 0.1) is 18.0 Å². The van der Waals surface area contributed by atoms with Crippen molar-refractivity contribution in [1.29, 1.82) is 0 Å². The van der Waals surface area contributed by atoms with Crippen LogP contribution in [0.5, 0.6) is 0 Å². The molecule has 4 nitrogen and oxygen atoms in total. The highest BCUT2D eigenvalue weighted by Crippen LogP contribution is 2.29. The molecule has 1 atom stereocenters. The van der Waals surface area contributed by atoms with E-state index in [1.165, 1.54) is 11.3 Å². The van der Waals surface area contributed by atoms with E-state index < -0.39 is 0 Å². The van der Waals surface area contributed by atoms with Crippen molar-refractivity contribution in [3.63, 3.8) is 0 Å². The predicted octanol–water partition coefficient (Wildman–Crippen LogP) is 2.06. The van der Waals surface area contributed by atoms with Crippen LogP contribution in [0.25, 0.3) is 0 Å². The van der Waals surface area contributed by atoms with Gasteiger partial charge < -0.3 is 5.32 Å². The van der Waals surface area contributed by atoms with Gasteiger partial charge >= 0.3 is 0 Å². The maximum atomic E-state index is 11.8. The van der Waals surface area contributed by atoms with Crippen molar-refractivity contribution in [3.8, 4) is 0 Å². The van der Waals surface area contributed by atoms with Crippen LogP contribution in [0.4, 0.5) is 0 Å². The van der Waals surface area contributed by atoms with Gasteiger partial charge in [-0.25, -0.2) is 0 Å². The molecule has 1 aromatic rings. The van der Waals surface area contributed by atoms with Crippen LogP contribution in [-0.4, -0.2) is 27.2 Å². The van der Waals surface area contributed by atoms with Crippen LogP contribution in [-0.2, 0) is 18.3 Å². The number of carbonyl (C=O) groups excluding carboxylic acids is 1. The number of nitrogens with zero attached hydrogens (tertiary/aromatic N) is 2. The van der Waals surface area contributed by atoms with Crippen LogP contribution in [0, 0.1) is 0 Å². The summed E-state index contributed by atoms with van der Waals surface area (Å²) in [6.07, 6.45) is 6.25. The van der Waals surface area contributed by atoms with Gasteiger partial charge in [0, 0.05) is 18.3 Å². The molecule has 1 aliphatic carbocycles. The molecular weight excluding hydrogens is 246 g/mol. The molecule has 0 saturated heterocycles. The Morgan fingerprint density at radius 2 is 2.50 bits per heavy atom. The van der Waals surface area contributed by atoms with E-state index in [0.717, 1.165) is 31.4 Å². The first-order valence-electron chi connectivity index (χ1n) is 6.60. The molecule has 1 heterocycles. The average molecular weight is 267 g/mol. The molecule has 5 heteroatoms. The van der Waals surface area contributed by atoms with E-state index in [0.29, 0.717) is 5.75 Å². The SMILES string of the molecule is CCCSCC(=O)N[C@@H]1CCCc2c1cnn2C. The molecule has 1 aromatic heterocycles. The van der Waals surface area contributed by atoms with Crippen molar-refractivity contribution in [3.05, 3.63) is 17.5 Å². The fourth-order valence-electron chi connectivity index (χ4n) is 2.40. The van der Waals surface area contributed by atoms with E-state index in [-0.39, 0.29) is 11.9 Å². The smallest absolute Gasteiger partial charge is 0.230 e. The maximum absolute atomic E-state index is 11.8. The molecule has 0 spiro atoms. The van der Waals surface area contributed by atoms with E-state index in [9.17, 15) is 4.79 Å². The number of amides is 1. The van der Waals surface area contributed by atoms with Crippen molar-refractivity contribution in [2.45, 2.75) is 38.6 Å². The lowest BCUT2D eigenvalue weighted by Gasteiger charge is -2.23. The highest BCUT2D eigenvalue weighted by Gasteiger charge is 2.24. The summed E-state index contributed by atoms with van der Waals surface area (Å²) in [5.41, 5.74) is 2.48. The second-order valence-electron chi connectivity index (χ2n) is 4.74. The van der Waals surface area contributed by atoms with E-state index in [1.54, 1.807) is 11.8 Å². The second-order valence-corrected chi connectivity index (χ2v) is 5.84. The standard InChI is InChI=1S/C13H21N3OS/c1-3-7-18-9-13(17)15-11-5-4-6-12-10(11)8-14-16(12)2/h8,11H,3-7,9H2,1-2H3,(H,15,17)/t11-/m1/s1. The summed E-state index contributed by atoms with van der Waals surface area (Å²) in [6, 6.07) is 0.164. The van der Waals surface area contributed by atoms with Crippen molar-refractivity contribution in [2.24, 2.45) is 7.05 Å². The zero-order valence-electron chi connectivity index (χ0n) is 11.1. The predicted molar refractivity (Wildman–Crippen MR) is 74.6 cm³/mol. The summed E-state index contributed by atoms with van der Waals surface area (Å²) in [5.74, 6) is 1.77. The molecule has 1 aliphatic rings. The number of nitrogens with one attached hydrogen (secondary N) is 1. The van der Waals surface area contributed by atoms with Crippen LogP contribution < -0.4 is 5.32 Å². The molecular formula is C13H21N3OS. The fourth-order valence-corrected chi connectivity index (χ4v) is 3.10. The van der Waals surface area contributed by atoms with Gasteiger partial charge in [-0.3, -0.25) is 9.48 Å². The Hall–Kier alpha value is -0.970. The minimum absolute atomic E-state index is 0.148. The zero-order chi connectivity index (χ0) is 13.0. The quantitative estimate of drug-likeness (QED) is 0.831. The molecule has 0 fully saturated rings. The molecule has 2 rings (SSSR count). The van der Waals surface area contributed by atoms with Crippen LogP contribution in [0.15, 0.2) is 6.20 Å². The van der Waals surface area contributed by atoms with Crippen LogP contribution in [0.2, 0.25) is 0 Å². The van der Waals surface area contributed by atoms with Crippen molar-refractivity contribution in [1.82, 2.24) is 15.1 Å². The van der Waals surface area contributed by atoms with Gasteiger partial charge in [-0.15, -0.1) is 0 Å². The van der Waals surface area contributed by atoms with E-state index in [1.807, 2.05) is 17.9 Å². The van der Waals surface area contributed by atoms with E-state index in [2.05, 4.69) is 17.3 Å². The summed E-state index contributed by atoms with van der Waals surface area (Å²) in [5, 5.41) is 7.43.